The molecule has 0 spiro atoms. The summed E-state index contributed by atoms with van der Waals surface area (Å²) in [6.45, 7) is 4.71. The van der Waals surface area contributed by atoms with Crippen LogP contribution in [0.1, 0.15) is 75.3 Å². The van der Waals surface area contributed by atoms with E-state index in [2.05, 4.69) is 9.97 Å². The molecular formula is C22H34N4O4. The third kappa shape index (κ3) is 7.65. The Morgan fingerprint density at radius 3 is 1.20 bits per heavy atom. The summed E-state index contributed by atoms with van der Waals surface area (Å²) in [5, 5.41) is 0. The number of unbranched alkanes of at least 4 members (excludes halogenated alkanes) is 9. The fourth-order valence-corrected chi connectivity index (χ4v) is 3.55. The quantitative estimate of drug-likeness (QED) is 0.487. The van der Waals surface area contributed by atoms with Crippen molar-refractivity contribution in [1.29, 1.82) is 0 Å². The van der Waals surface area contributed by atoms with Gasteiger partial charge in [0.1, 0.15) is 0 Å². The number of rotatable bonds is 13. The van der Waals surface area contributed by atoms with Crippen LogP contribution in [0, 0.1) is 13.8 Å². The van der Waals surface area contributed by atoms with Gasteiger partial charge in [-0.25, -0.2) is 9.59 Å². The summed E-state index contributed by atoms with van der Waals surface area (Å²) in [6.07, 6.45) is 14.5. The van der Waals surface area contributed by atoms with Crippen LogP contribution in [0.2, 0.25) is 0 Å². The Balaban J connectivity index is 1.47. The fourth-order valence-electron chi connectivity index (χ4n) is 3.55. The second-order valence-corrected chi connectivity index (χ2v) is 8.07. The van der Waals surface area contributed by atoms with Crippen molar-refractivity contribution < 1.29 is 0 Å². The second kappa shape index (κ2) is 12.1. The Morgan fingerprint density at radius 2 is 0.867 bits per heavy atom. The lowest BCUT2D eigenvalue weighted by Crippen LogP contribution is -2.30. The molecule has 2 N–H and O–H groups in total. The van der Waals surface area contributed by atoms with E-state index in [1.54, 1.807) is 35.4 Å². The number of hydrogen-bond donors (Lipinski definition) is 2. The summed E-state index contributed by atoms with van der Waals surface area (Å²) >= 11 is 0. The molecule has 0 bridgehead atoms. The van der Waals surface area contributed by atoms with Crippen LogP contribution in [-0.4, -0.2) is 19.1 Å². The monoisotopic (exact) mass is 418 g/mol. The summed E-state index contributed by atoms with van der Waals surface area (Å²) < 4.78 is 3.17. The molecule has 0 saturated heterocycles. The lowest BCUT2D eigenvalue weighted by Gasteiger charge is -2.07. The molecule has 8 nitrogen and oxygen atoms in total. The zero-order valence-electron chi connectivity index (χ0n) is 18.2. The van der Waals surface area contributed by atoms with Gasteiger partial charge in [0.15, 0.2) is 0 Å². The van der Waals surface area contributed by atoms with Crippen LogP contribution in [0.3, 0.4) is 0 Å². The average molecular weight is 419 g/mol. The molecule has 0 unspecified atom stereocenters. The molecule has 0 aliphatic carbocycles. The largest absolute Gasteiger partial charge is 0.328 e. The normalized spacial score (nSPS) is 11.1. The molecule has 0 radical (unpaired) electrons. The third-order valence-electron chi connectivity index (χ3n) is 5.43. The van der Waals surface area contributed by atoms with Gasteiger partial charge in [-0.3, -0.25) is 19.6 Å². The summed E-state index contributed by atoms with van der Waals surface area (Å²) in [5.74, 6) is 0. The number of aryl methyl sites for hydroxylation is 4. The maximum Gasteiger partial charge on any atom is 0.328 e. The molecule has 0 aromatic carbocycles. The molecule has 2 aromatic heterocycles. The number of hydrogen-bond acceptors (Lipinski definition) is 4. The first kappa shape index (κ1) is 23.6. The van der Waals surface area contributed by atoms with Gasteiger partial charge in [-0.05, 0) is 26.7 Å². The molecule has 0 fully saturated rings. The number of aromatic amines is 2. The van der Waals surface area contributed by atoms with E-state index >= 15 is 0 Å². The Labute approximate surface area is 176 Å². The zero-order chi connectivity index (χ0) is 21.9. The van der Waals surface area contributed by atoms with Gasteiger partial charge in [-0.1, -0.05) is 51.4 Å². The van der Waals surface area contributed by atoms with Gasteiger partial charge in [0.25, 0.3) is 11.1 Å². The standard InChI is InChI=1S/C22H34N4O4/c1-17-15-25(21(29)23-19(17)27)13-11-9-7-5-3-4-6-8-10-12-14-26-16-18(2)20(28)24-22(26)30/h15-16H,3-14H2,1-2H3,(H,23,27,29)(H,24,28,30). The van der Waals surface area contributed by atoms with Crippen LogP contribution >= 0.6 is 0 Å². The number of aromatic nitrogens is 4. The molecule has 0 amide bonds. The predicted molar refractivity (Wildman–Crippen MR) is 118 cm³/mol. The van der Waals surface area contributed by atoms with E-state index in [1.807, 2.05) is 0 Å². The van der Waals surface area contributed by atoms with E-state index in [0.29, 0.717) is 24.2 Å². The molecule has 30 heavy (non-hydrogen) atoms. The molecule has 2 aromatic rings. The molecule has 0 atom stereocenters. The van der Waals surface area contributed by atoms with E-state index in [1.165, 1.54) is 25.7 Å². The Hall–Kier alpha value is -2.64. The van der Waals surface area contributed by atoms with Crippen molar-refractivity contribution in [3.8, 4) is 0 Å². The maximum absolute atomic E-state index is 11.7. The van der Waals surface area contributed by atoms with Gasteiger partial charge in [-0.2, -0.15) is 0 Å². The van der Waals surface area contributed by atoms with Crippen molar-refractivity contribution >= 4 is 0 Å². The number of H-pyrrole nitrogens is 2. The van der Waals surface area contributed by atoms with Crippen molar-refractivity contribution in [2.75, 3.05) is 0 Å². The van der Waals surface area contributed by atoms with Crippen LogP contribution in [0.25, 0.3) is 0 Å². The van der Waals surface area contributed by atoms with Gasteiger partial charge in [0, 0.05) is 36.6 Å². The minimum Gasteiger partial charge on any atom is -0.300 e. The number of nitrogens with one attached hydrogen (secondary N) is 2. The first-order valence-electron chi connectivity index (χ1n) is 11.0. The Bertz CT molecular complexity index is 945. The molecule has 8 heteroatoms. The molecule has 0 aliphatic heterocycles. The van der Waals surface area contributed by atoms with Gasteiger partial charge in [-0.15, -0.1) is 0 Å². The van der Waals surface area contributed by atoms with Gasteiger partial charge < -0.3 is 9.13 Å². The first-order chi connectivity index (χ1) is 14.4. The van der Waals surface area contributed by atoms with Gasteiger partial charge in [0.2, 0.25) is 0 Å². The van der Waals surface area contributed by atoms with Crippen molar-refractivity contribution in [1.82, 2.24) is 19.1 Å². The Kier molecular flexibility index (Phi) is 9.57. The average Bonchev–Trinajstić information content (AvgIpc) is 2.70. The topological polar surface area (TPSA) is 110 Å². The van der Waals surface area contributed by atoms with Crippen LogP contribution in [0.5, 0.6) is 0 Å². The molecule has 166 valence electrons. The highest BCUT2D eigenvalue weighted by atomic mass is 16.2. The molecule has 2 rings (SSSR count). The Morgan fingerprint density at radius 1 is 0.567 bits per heavy atom. The van der Waals surface area contributed by atoms with Crippen LogP contribution in [-0.2, 0) is 13.1 Å². The fraction of sp³-hybridized carbons (Fsp3) is 0.636. The SMILES string of the molecule is Cc1cn(CCCCCCCCCCCCn2cc(C)c(=O)[nH]c2=O)c(=O)[nH]c1=O. The predicted octanol–water partition coefficient (Wildman–Crippen LogP) is 2.60. The van der Waals surface area contributed by atoms with E-state index in [4.69, 9.17) is 0 Å². The minimum absolute atomic E-state index is 0.309. The molecule has 0 aliphatic rings. The summed E-state index contributed by atoms with van der Waals surface area (Å²) in [6, 6.07) is 0. The van der Waals surface area contributed by atoms with E-state index in [9.17, 15) is 19.2 Å². The molecule has 2 heterocycles. The van der Waals surface area contributed by atoms with Crippen LogP contribution in [0.15, 0.2) is 31.6 Å². The van der Waals surface area contributed by atoms with Gasteiger partial charge in [0.05, 0.1) is 0 Å². The molecular weight excluding hydrogens is 384 g/mol. The first-order valence-corrected chi connectivity index (χ1v) is 11.0. The van der Waals surface area contributed by atoms with Crippen molar-refractivity contribution in [3.05, 3.63) is 65.2 Å². The van der Waals surface area contributed by atoms with Crippen molar-refractivity contribution in [2.45, 2.75) is 91.1 Å². The van der Waals surface area contributed by atoms with E-state index in [0.717, 1.165) is 38.5 Å². The summed E-state index contributed by atoms with van der Waals surface area (Å²) in [4.78, 5) is 50.8. The third-order valence-corrected chi connectivity index (χ3v) is 5.43. The number of nitrogens with zero attached hydrogens (tertiary/aromatic N) is 2. The molecule has 0 saturated carbocycles. The lowest BCUT2D eigenvalue weighted by atomic mass is 10.1. The van der Waals surface area contributed by atoms with E-state index in [-0.39, 0.29) is 22.5 Å². The highest BCUT2D eigenvalue weighted by Gasteiger charge is 2.02. The summed E-state index contributed by atoms with van der Waals surface area (Å²) in [7, 11) is 0. The lowest BCUT2D eigenvalue weighted by molar-refractivity contribution is 0.512. The van der Waals surface area contributed by atoms with Crippen LogP contribution < -0.4 is 22.5 Å². The van der Waals surface area contributed by atoms with Crippen molar-refractivity contribution in [2.24, 2.45) is 0 Å². The zero-order valence-corrected chi connectivity index (χ0v) is 18.2. The van der Waals surface area contributed by atoms with E-state index < -0.39 is 0 Å². The highest BCUT2D eigenvalue weighted by molar-refractivity contribution is 5.01. The maximum atomic E-state index is 11.7. The van der Waals surface area contributed by atoms with Gasteiger partial charge >= 0.3 is 11.4 Å². The highest BCUT2D eigenvalue weighted by Crippen LogP contribution is 2.11. The summed E-state index contributed by atoms with van der Waals surface area (Å²) in [5.41, 5.74) is -0.142. The van der Waals surface area contributed by atoms with Crippen LogP contribution in [0.4, 0.5) is 0 Å². The van der Waals surface area contributed by atoms with Crippen molar-refractivity contribution in [3.63, 3.8) is 0 Å². The minimum atomic E-state index is -0.328. The smallest absolute Gasteiger partial charge is 0.300 e. The second-order valence-electron chi connectivity index (χ2n) is 8.07.